The number of nitrogens with one attached hydrogen (secondary N) is 1. The zero-order valence-electron chi connectivity index (χ0n) is 12.8. The Morgan fingerprint density at radius 1 is 0.950 bits per heavy atom. The van der Waals surface area contributed by atoms with Gasteiger partial charge in [-0.05, 0) is 67.8 Å². The molecule has 2 rings (SSSR count). The molecule has 0 spiro atoms. The molecular formula is C18H23NS. The Morgan fingerprint density at radius 2 is 1.75 bits per heavy atom. The van der Waals surface area contributed by atoms with Crippen LogP contribution < -0.4 is 5.32 Å². The quantitative estimate of drug-likeness (QED) is 0.841. The maximum atomic E-state index is 3.38. The highest BCUT2D eigenvalue weighted by Gasteiger charge is 2.04. The van der Waals surface area contributed by atoms with Crippen molar-refractivity contribution in [2.24, 2.45) is 0 Å². The summed E-state index contributed by atoms with van der Waals surface area (Å²) >= 11 is 1.85. The van der Waals surface area contributed by atoms with Crippen molar-refractivity contribution < 1.29 is 0 Å². The van der Waals surface area contributed by atoms with Crippen LogP contribution in [0.5, 0.6) is 0 Å². The van der Waals surface area contributed by atoms with Crippen LogP contribution in [0.1, 0.15) is 29.2 Å². The molecule has 0 heterocycles. The third-order valence-corrected chi connectivity index (χ3v) is 4.60. The van der Waals surface area contributed by atoms with Gasteiger partial charge in [-0.3, -0.25) is 0 Å². The zero-order chi connectivity index (χ0) is 14.5. The summed E-state index contributed by atoms with van der Waals surface area (Å²) in [5, 5.41) is 3.38. The molecule has 0 saturated heterocycles. The molecule has 1 nitrogen and oxygen atoms in total. The van der Waals surface area contributed by atoms with E-state index >= 15 is 0 Å². The molecule has 0 fully saturated rings. The van der Waals surface area contributed by atoms with E-state index in [0.29, 0.717) is 0 Å². The molecule has 0 amide bonds. The summed E-state index contributed by atoms with van der Waals surface area (Å²) in [7, 11) is 0. The molecular weight excluding hydrogens is 262 g/mol. The van der Waals surface area contributed by atoms with Crippen LogP contribution in [0.15, 0.2) is 46.2 Å². The van der Waals surface area contributed by atoms with E-state index < -0.39 is 0 Å². The van der Waals surface area contributed by atoms with E-state index in [0.717, 1.165) is 13.1 Å². The summed E-state index contributed by atoms with van der Waals surface area (Å²) < 4.78 is 0. The minimum absolute atomic E-state index is 0.955. The molecule has 0 aliphatic carbocycles. The summed E-state index contributed by atoms with van der Waals surface area (Å²) in [6, 6.07) is 13.4. The van der Waals surface area contributed by atoms with Gasteiger partial charge in [-0.25, -0.2) is 0 Å². The summed E-state index contributed by atoms with van der Waals surface area (Å²) in [4.78, 5) is 2.67. The fraction of sp³-hybridized carbons (Fsp3) is 0.333. The highest BCUT2D eigenvalue weighted by Crippen LogP contribution is 2.32. The molecule has 106 valence electrons. The van der Waals surface area contributed by atoms with Gasteiger partial charge in [-0.1, -0.05) is 36.9 Å². The standard InChI is InChI=1S/C18H23NS/c1-5-19-12-16-8-9-17(11-15(16)4)20-18-10-13(2)6-7-14(18)3/h6-11,19H,5,12H2,1-4H3. The summed E-state index contributed by atoms with van der Waals surface area (Å²) in [5.41, 5.74) is 5.41. The molecule has 0 aliphatic heterocycles. The van der Waals surface area contributed by atoms with Crippen LogP contribution in [0.2, 0.25) is 0 Å². The Balaban J connectivity index is 2.17. The van der Waals surface area contributed by atoms with Crippen LogP contribution in [-0.4, -0.2) is 6.54 Å². The average molecular weight is 285 g/mol. The van der Waals surface area contributed by atoms with Crippen LogP contribution in [0.3, 0.4) is 0 Å². The first-order valence-corrected chi connectivity index (χ1v) is 7.97. The minimum atomic E-state index is 0.955. The van der Waals surface area contributed by atoms with E-state index in [9.17, 15) is 0 Å². The fourth-order valence-electron chi connectivity index (χ4n) is 2.13. The van der Waals surface area contributed by atoms with Gasteiger partial charge in [-0.2, -0.15) is 0 Å². The smallest absolute Gasteiger partial charge is 0.0208 e. The predicted molar refractivity (Wildman–Crippen MR) is 88.6 cm³/mol. The molecule has 2 aromatic carbocycles. The number of hydrogen-bond acceptors (Lipinski definition) is 2. The molecule has 0 bridgehead atoms. The van der Waals surface area contributed by atoms with Gasteiger partial charge < -0.3 is 5.32 Å². The lowest BCUT2D eigenvalue weighted by atomic mass is 10.1. The van der Waals surface area contributed by atoms with E-state index in [2.05, 4.69) is 69.4 Å². The molecule has 1 N–H and O–H groups in total. The van der Waals surface area contributed by atoms with Gasteiger partial charge in [0.1, 0.15) is 0 Å². The van der Waals surface area contributed by atoms with Gasteiger partial charge >= 0.3 is 0 Å². The highest BCUT2D eigenvalue weighted by atomic mass is 32.2. The number of rotatable bonds is 5. The molecule has 2 heteroatoms. The van der Waals surface area contributed by atoms with E-state index in [-0.39, 0.29) is 0 Å². The summed E-state index contributed by atoms with van der Waals surface area (Å²) in [6.07, 6.45) is 0. The van der Waals surface area contributed by atoms with Crippen molar-refractivity contribution in [1.29, 1.82) is 0 Å². The second kappa shape index (κ2) is 6.96. The van der Waals surface area contributed by atoms with Crippen LogP contribution in [0, 0.1) is 20.8 Å². The lowest BCUT2D eigenvalue weighted by Crippen LogP contribution is -2.12. The topological polar surface area (TPSA) is 12.0 Å². The van der Waals surface area contributed by atoms with Crippen molar-refractivity contribution >= 4 is 11.8 Å². The number of aryl methyl sites for hydroxylation is 3. The van der Waals surface area contributed by atoms with Crippen molar-refractivity contribution in [3.05, 3.63) is 58.7 Å². The van der Waals surface area contributed by atoms with Crippen molar-refractivity contribution in [2.45, 2.75) is 44.0 Å². The Morgan fingerprint density at radius 3 is 2.45 bits per heavy atom. The SMILES string of the molecule is CCNCc1ccc(Sc2cc(C)ccc2C)cc1C. The van der Waals surface area contributed by atoms with Gasteiger partial charge in [0.15, 0.2) is 0 Å². The van der Waals surface area contributed by atoms with E-state index in [1.807, 2.05) is 11.8 Å². The van der Waals surface area contributed by atoms with Gasteiger partial charge in [0.25, 0.3) is 0 Å². The largest absolute Gasteiger partial charge is 0.313 e. The number of benzene rings is 2. The molecule has 2 aromatic rings. The predicted octanol–water partition coefficient (Wildman–Crippen LogP) is 4.87. The van der Waals surface area contributed by atoms with E-state index in [1.54, 1.807) is 0 Å². The molecule has 0 radical (unpaired) electrons. The average Bonchev–Trinajstić information content (AvgIpc) is 2.42. The zero-order valence-corrected chi connectivity index (χ0v) is 13.6. The summed E-state index contributed by atoms with van der Waals surface area (Å²) in [6.45, 7) is 10.6. The third-order valence-electron chi connectivity index (χ3n) is 3.45. The number of hydrogen-bond donors (Lipinski definition) is 1. The Bertz CT molecular complexity index is 590. The molecule has 0 aromatic heterocycles. The first kappa shape index (κ1) is 15.1. The van der Waals surface area contributed by atoms with Crippen molar-refractivity contribution in [3.63, 3.8) is 0 Å². The third kappa shape index (κ3) is 3.87. The second-order valence-corrected chi connectivity index (χ2v) is 6.35. The van der Waals surface area contributed by atoms with Crippen molar-refractivity contribution in [2.75, 3.05) is 6.54 Å². The van der Waals surface area contributed by atoms with Gasteiger partial charge in [0.05, 0.1) is 0 Å². The highest BCUT2D eigenvalue weighted by molar-refractivity contribution is 7.99. The molecule has 0 atom stereocenters. The Labute approximate surface area is 126 Å². The van der Waals surface area contributed by atoms with Gasteiger partial charge in [-0.15, -0.1) is 0 Å². The van der Waals surface area contributed by atoms with Crippen LogP contribution in [0.25, 0.3) is 0 Å². The maximum absolute atomic E-state index is 3.38. The molecule has 20 heavy (non-hydrogen) atoms. The first-order chi connectivity index (χ1) is 9.60. The van der Waals surface area contributed by atoms with Crippen molar-refractivity contribution in [1.82, 2.24) is 5.32 Å². The maximum Gasteiger partial charge on any atom is 0.0208 e. The van der Waals surface area contributed by atoms with Crippen LogP contribution >= 0.6 is 11.8 Å². The Kier molecular flexibility index (Phi) is 5.27. The Hall–Kier alpha value is -1.25. The van der Waals surface area contributed by atoms with E-state index in [4.69, 9.17) is 0 Å². The monoisotopic (exact) mass is 285 g/mol. The fourth-order valence-corrected chi connectivity index (χ4v) is 3.23. The minimum Gasteiger partial charge on any atom is -0.313 e. The molecule has 0 saturated carbocycles. The molecule has 0 aliphatic rings. The lowest BCUT2D eigenvalue weighted by molar-refractivity contribution is 0.723. The molecule has 0 unspecified atom stereocenters. The lowest BCUT2D eigenvalue weighted by Gasteiger charge is -2.10. The summed E-state index contributed by atoms with van der Waals surface area (Å²) in [5.74, 6) is 0. The normalized spacial score (nSPS) is 10.8. The van der Waals surface area contributed by atoms with Crippen molar-refractivity contribution in [3.8, 4) is 0 Å². The van der Waals surface area contributed by atoms with Gasteiger partial charge in [0, 0.05) is 16.3 Å². The van der Waals surface area contributed by atoms with E-state index in [1.165, 1.54) is 32.0 Å². The van der Waals surface area contributed by atoms with Crippen LogP contribution in [-0.2, 0) is 6.54 Å². The first-order valence-electron chi connectivity index (χ1n) is 7.15. The second-order valence-electron chi connectivity index (χ2n) is 5.24. The van der Waals surface area contributed by atoms with Gasteiger partial charge in [0.2, 0.25) is 0 Å². The van der Waals surface area contributed by atoms with Crippen LogP contribution in [0.4, 0.5) is 0 Å².